The van der Waals surface area contributed by atoms with E-state index in [0.29, 0.717) is 19.3 Å². The van der Waals surface area contributed by atoms with E-state index in [1.54, 1.807) is 0 Å². The molecule has 0 heterocycles. The summed E-state index contributed by atoms with van der Waals surface area (Å²) in [5, 5.41) is 0. The Morgan fingerprint density at radius 2 is 0.507 bits per heavy atom. The van der Waals surface area contributed by atoms with Gasteiger partial charge in [-0.1, -0.05) is 234 Å². The van der Waals surface area contributed by atoms with Gasteiger partial charge in [0.2, 0.25) is 0 Å². The molecule has 0 spiro atoms. The van der Waals surface area contributed by atoms with Crippen LogP contribution in [-0.2, 0) is 28.6 Å². The number of hydrogen-bond acceptors (Lipinski definition) is 6. The van der Waals surface area contributed by atoms with Gasteiger partial charge in [-0.3, -0.25) is 14.4 Å². The highest BCUT2D eigenvalue weighted by atomic mass is 16.6. The van der Waals surface area contributed by atoms with E-state index in [-0.39, 0.29) is 31.1 Å². The van der Waals surface area contributed by atoms with Crippen LogP contribution in [0.3, 0.4) is 0 Å². The van der Waals surface area contributed by atoms with E-state index in [1.807, 2.05) is 0 Å². The van der Waals surface area contributed by atoms with Gasteiger partial charge in [0.1, 0.15) is 13.2 Å². The molecule has 0 aliphatic heterocycles. The molecule has 0 aromatic rings. The summed E-state index contributed by atoms with van der Waals surface area (Å²) in [4.78, 5) is 38.2. The largest absolute Gasteiger partial charge is 0.462 e. The molecular formula is C65H112O6. The fourth-order valence-corrected chi connectivity index (χ4v) is 8.27. The highest BCUT2D eigenvalue weighted by Gasteiger charge is 2.19. The first-order chi connectivity index (χ1) is 35.0. The average molecular weight is 990 g/mol. The summed E-state index contributed by atoms with van der Waals surface area (Å²) in [5.74, 6) is -0.926. The number of unbranched alkanes of at least 4 members (excludes halogenated alkanes) is 29. The van der Waals surface area contributed by atoms with Crippen molar-refractivity contribution in [3.05, 3.63) is 85.1 Å². The van der Waals surface area contributed by atoms with E-state index in [4.69, 9.17) is 14.2 Å². The molecule has 0 saturated heterocycles. The van der Waals surface area contributed by atoms with Crippen molar-refractivity contribution in [2.24, 2.45) is 0 Å². The molecule has 0 fully saturated rings. The van der Waals surface area contributed by atoms with Gasteiger partial charge < -0.3 is 14.2 Å². The molecule has 0 saturated carbocycles. The smallest absolute Gasteiger partial charge is 0.306 e. The second-order valence-corrected chi connectivity index (χ2v) is 19.9. The highest BCUT2D eigenvalue weighted by Crippen LogP contribution is 2.14. The second-order valence-electron chi connectivity index (χ2n) is 19.9. The van der Waals surface area contributed by atoms with E-state index in [2.05, 4.69) is 106 Å². The number of carbonyl (C=O) groups is 3. The van der Waals surface area contributed by atoms with Crippen molar-refractivity contribution in [3.8, 4) is 0 Å². The number of ether oxygens (including phenoxy) is 3. The van der Waals surface area contributed by atoms with Crippen molar-refractivity contribution < 1.29 is 28.6 Å². The van der Waals surface area contributed by atoms with E-state index in [9.17, 15) is 14.4 Å². The summed E-state index contributed by atoms with van der Waals surface area (Å²) >= 11 is 0. The molecule has 1 unspecified atom stereocenters. The van der Waals surface area contributed by atoms with Gasteiger partial charge in [-0.25, -0.2) is 0 Å². The first-order valence-electron chi connectivity index (χ1n) is 30.1. The van der Waals surface area contributed by atoms with Gasteiger partial charge in [0, 0.05) is 19.3 Å². The topological polar surface area (TPSA) is 78.9 Å². The summed E-state index contributed by atoms with van der Waals surface area (Å²) in [5.41, 5.74) is 0. The Kier molecular flexibility index (Phi) is 56.3. The number of esters is 3. The molecule has 6 nitrogen and oxygen atoms in total. The van der Waals surface area contributed by atoms with Crippen molar-refractivity contribution in [2.45, 2.75) is 297 Å². The number of allylic oxidation sites excluding steroid dienone is 14. The minimum absolute atomic E-state index is 0.0937. The van der Waals surface area contributed by atoms with Crippen molar-refractivity contribution in [1.29, 1.82) is 0 Å². The molecule has 0 radical (unpaired) electrons. The fraction of sp³-hybridized carbons (Fsp3) is 0.738. The van der Waals surface area contributed by atoms with Gasteiger partial charge in [-0.2, -0.15) is 0 Å². The molecule has 0 amide bonds. The number of rotatable bonds is 54. The first kappa shape index (κ1) is 67.6. The Balaban J connectivity index is 4.44. The van der Waals surface area contributed by atoms with Crippen molar-refractivity contribution in [2.75, 3.05) is 13.2 Å². The Hall–Kier alpha value is -3.41. The van der Waals surface area contributed by atoms with Crippen LogP contribution in [0.15, 0.2) is 85.1 Å². The Morgan fingerprint density at radius 3 is 0.803 bits per heavy atom. The van der Waals surface area contributed by atoms with Gasteiger partial charge in [0.15, 0.2) is 6.10 Å². The summed E-state index contributed by atoms with van der Waals surface area (Å²) in [6.07, 6.45) is 77.1. The van der Waals surface area contributed by atoms with Crippen LogP contribution in [-0.4, -0.2) is 37.2 Å². The van der Waals surface area contributed by atoms with E-state index in [1.165, 1.54) is 122 Å². The van der Waals surface area contributed by atoms with Crippen molar-refractivity contribution >= 4 is 17.9 Å². The monoisotopic (exact) mass is 989 g/mol. The zero-order chi connectivity index (χ0) is 51.4. The predicted octanol–water partition coefficient (Wildman–Crippen LogP) is 20.3. The standard InChI is InChI=1S/C65H112O6/c1-4-7-10-13-16-19-22-25-28-31-32-33-34-35-38-40-43-46-49-52-55-58-64(67)70-61-62(71-65(68)59-56-53-50-47-44-41-37-30-27-24-21-18-15-12-9-6-3)60-69-63(66)57-54-51-48-45-42-39-36-29-26-23-20-17-14-11-8-5-2/h20-25,29-32,34-37,62H,4-19,26-28,33,38-61H2,1-3H3/b23-20-,24-21-,25-22-,32-31-,35-34-,36-29-,37-30-. The second kappa shape index (κ2) is 59.2. The Bertz CT molecular complexity index is 1370. The lowest BCUT2D eigenvalue weighted by molar-refractivity contribution is -0.167. The molecule has 6 heteroatoms. The summed E-state index contributed by atoms with van der Waals surface area (Å²) < 4.78 is 16.9. The van der Waals surface area contributed by atoms with Crippen LogP contribution in [0.1, 0.15) is 290 Å². The minimum atomic E-state index is -0.797. The van der Waals surface area contributed by atoms with Gasteiger partial charge >= 0.3 is 17.9 Å². The molecule has 0 aliphatic carbocycles. The van der Waals surface area contributed by atoms with Crippen LogP contribution in [0.2, 0.25) is 0 Å². The third kappa shape index (κ3) is 57.4. The maximum absolute atomic E-state index is 12.9. The van der Waals surface area contributed by atoms with Gasteiger partial charge in [-0.05, 0) is 122 Å². The van der Waals surface area contributed by atoms with Crippen molar-refractivity contribution in [3.63, 3.8) is 0 Å². The molecule has 0 rings (SSSR count). The van der Waals surface area contributed by atoms with Crippen LogP contribution in [0.25, 0.3) is 0 Å². The molecule has 0 N–H and O–H groups in total. The van der Waals surface area contributed by atoms with Gasteiger partial charge in [-0.15, -0.1) is 0 Å². The van der Waals surface area contributed by atoms with Crippen LogP contribution in [0, 0.1) is 0 Å². The summed E-state index contributed by atoms with van der Waals surface area (Å²) in [7, 11) is 0. The SMILES string of the molecule is CCCCCC/C=C\C/C=C\CCCCCCCC(=O)OCC(COC(=O)CCCCCCCC/C=C\C/C=C\C/C=C\CCCCCCC)OC(=O)CCCCCCC/C=C\C/C=C\CCCCCC. The lowest BCUT2D eigenvalue weighted by Gasteiger charge is -2.18. The molecule has 1 atom stereocenters. The summed E-state index contributed by atoms with van der Waals surface area (Å²) in [6, 6.07) is 0. The molecule has 71 heavy (non-hydrogen) atoms. The lowest BCUT2D eigenvalue weighted by atomic mass is 10.1. The van der Waals surface area contributed by atoms with E-state index >= 15 is 0 Å². The molecule has 0 bridgehead atoms. The van der Waals surface area contributed by atoms with E-state index < -0.39 is 6.10 Å². The molecule has 0 aromatic carbocycles. The minimum Gasteiger partial charge on any atom is -0.462 e. The third-order valence-electron chi connectivity index (χ3n) is 12.8. The van der Waals surface area contributed by atoms with Gasteiger partial charge in [0.25, 0.3) is 0 Å². The zero-order valence-corrected chi connectivity index (χ0v) is 46.7. The lowest BCUT2D eigenvalue weighted by Crippen LogP contribution is -2.30. The van der Waals surface area contributed by atoms with Crippen molar-refractivity contribution in [1.82, 2.24) is 0 Å². The normalized spacial score (nSPS) is 12.7. The maximum Gasteiger partial charge on any atom is 0.306 e. The predicted molar refractivity (Wildman–Crippen MR) is 307 cm³/mol. The Morgan fingerprint density at radius 1 is 0.282 bits per heavy atom. The first-order valence-corrected chi connectivity index (χ1v) is 30.1. The fourth-order valence-electron chi connectivity index (χ4n) is 8.27. The maximum atomic E-state index is 12.9. The quantitative estimate of drug-likeness (QED) is 0.0261. The Labute approximate surface area is 439 Å². The summed E-state index contributed by atoms with van der Waals surface area (Å²) in [6.45, 7) is 6.58. The average Bonchev–Trinajstić information content (AvgIpc) is 3.37. The molecular weight excluding hydrogens is 877 g/mol. The van der Waals surface area contributed by atoms with Crippen LogP contribution in [0.4, 0.5) is 0 Å². The highest BCUT2D eigenvalue weighted by molar-refractivity contribution is 5.71. The molecule has 0 aliphatic rings. The number of hydrogen-bond donors (Lipinski definition) is 0. The zero-order valence-electron chi connectivity index (χ0n) is 46.7. The van der Waals surface area contributed by atoms with Crippen LogP contribution in [0.5, 0.6) is 0 Å². The number of carbonyl (C=O) groups excluding carboxylic acids is 3. The third-order valence-corrected chi connectivity index (χ3v) is 12.8. The molecule has 0 aromatic heterocycles. The van der Waals surface area contributed by atoms with Crippen LogP contribution >= 0.6 is 0 Å². The van der Waals surface area contributed by atoms with E-state index in [0.717, 1.165) is 128 Å². The van der Waals surface area contributed by atoms with Gasteiger partial charge in [0.05, 0.1) is 0 Å². The van der Waals surface area contributed by atoms with Crippen LogP contribution < -0.4 is 0 Å². The molecule has 408 valence electrons.